The Labute approximate surface area is 126 Å². The molecule has 0 aromatic heterocycles. The number of halogens is 1. The molecule has 112 valence electrons. The van der Waals surface area contributed by atoms with E-state index in [1.165, 1.54) is 19.3 Å². The summed E-state index contributed by atoms with van der Waals surface area (Å²) in [5, 5.41) is 3.50. The summed E-state index contributed by atoms with van der Waals surface area (Å²) in [5.41, 5.74) is 3.56. The monoisotopic (exact) mass is 297 g/mol. The fourth-order valence-corrected chi connectivity index (χ4v) is 2.25. The van der Waals surface area contributed by atoms with Crippen molar-refractivity contribution in [1.29, 1.82) is 0 Å². The number of amides is 1. The van der Waals surface area contributed by atoms with Crippen LogP contribution >= 0.6 is 11.6 Å². The Kier molecular flexibility index (Phi) is 7.41. The van der Waals surface area contributed by atoms with Crippen LogP contribution in [-0.2, 0) is 0 Å². The van der Waals surface area contributed by atoms with E-state index >= 15 is 0 Å². The molecule has 1 aromatic rings. The number of unbranched alkanes of at least 4 members (excludes halogenated alkanes) is 3. The van der Waals surface area contributed by atoms with E-state index in [9.17, 15) is 4.79 Å². The number of nitrogens with one attached hydrogen (secondary N) is 2. The van der Waals surface area contributed by atoms with Crippen molar-refractivity contribution in [2.24, 2.45) is 5.84 Å². The zero-order valence-electron chi connectivity index (χ0n) is 12.2. The van der Waals surface area contributed by atoms with Gasteiger partial charge in [-0.1, -0.05) is 44.2 Å². The molecule has 4 N–H and O–H groups in total. The van der Waals surface area contributed by atoms with E-state index in [0.717, 1.165) is 12.8 Å². The third kappa shape index (κ3) is 5.39. The van der Waals surface area contributed by atoms with Crippen LogP contribution in [0, 0.1) is 0 Å². The summed E-state index contributed by atoms with van der Waals surface area (Å²) in [5.74, 6) is 5.26. The molecule has 1 aromatic carbocycles. The number of hydrogen-bond acceptors (Lipinski definition) is 3. The molecule has 0 aliphatic carbocycles. The smallest absolute Gasteiger partial charge is 0.253 e. The third-order valence-electron chi connectivity index (χ3n) is 3.25. The maximum Gasteiger partial charge on any atom is 0.253 e. The maximum absolute atomic E-state index is 12.2. The quantitative estimate of drug-likeness (QED) is 0.389. The van der Waals surface area contributed by atoms with Gasteiger partial charge >= 0.3 is 0 Å². The lowest BCUT2D eigenvalue weighted by molar-refractivity contribution is 0.0938. The Hall–Kier alpha value is -1.26. The summed E-state index contributed by atoms with van der Waals surface area (Å²) in [6.07, 6.45) is 5.79. The average molecular weight is 298 g/mol. The zero-order chi connectivity index (χ0) is 15.0. The molecular weight excluding hydrogens is 274 g/mol. The predicted molar refractivity (Wildman–Crippen MR) is 84.9 cm³/mol. The second-order valence-corrected chi connectivity index (χ2v) is 5.49. The second kappa shape index (κ2) is 8.82. The van der Waals surface area contributed by atoms with Gasteiger partial charge in [0.15, 0.2) is 0 Å². The van der Waals surface area contributed by atoms with Crippen molar-refractivity contribution >= 4 is 23.2 Å². The maximum atomic E-state index is 12.2. The van der Waals surface area contributed by atoms with Crippen LogP contribution < -0.4 is 16.6 Å². The van der Waals surface area contributed by atoms with E-state index in [2.05, 4.69) is 17.7 Å². The van der Waals surface area contributed by atoms with Gasteiger partial charge < -0.3 is 10.7 Å². The van der Waals surface area contributed by atoms with Crippen molar-refractivity contribution in [3.8, 4) is 0 Å². The van der Waals surface area contributed by atoms with E-state index < -0.39 is 0 Å². The summed E-state index contributed by atoms with van der Waals surface area (Å²) in [4.78, 5) is 12.2. The van der Waals surface area contributed by atoms with Gasteiger partial charge in [-0.25, -0.2) is 0 Å². The fraction of sp³-hybridized carbons (Fsp3) is 0.533. The van der Waals surface area contributed by atoms with E-state index in [0.29, 0.717) is 16.3 Å². The fourth-order valence-electron chi connectivity index (χ4n) is 2.08. The highest BCUT2D eigenvalue weighted by Crippen LogP contribution is 2.20. The van der Waals surface area contributed by atoms with Gasteiger partial charge in [-0.2, -0.15) is 0 Å². The molecule has 1 atom stereocenters. The molecule has 0 aliphatic heterocycles. The third-order valence-corrected chi connectivity index (χ3v) is 3.49. The summed E-state index contributed by atoms with van der Waals surface area (Å²) in [6.45, 7) is 4.20. The lowest BCUT2D eigenvalue weighted by atomic mass is 10.1. The highest BCUT2D eigenvalue weighted by atomic mass is 35.5. The molecule has 0 saturated heterocycles. The van der Waals surface area contributed by atoms with E-state index in [4.69, 9.17) is 17.4 Å². The van der Waals surface area contributed by atoms with Crippen LogP contribution in [-0.4, -0.2) is 11.9 Å². The van der Waals surface area contributed by atoms with Gasteiger partial charge in [0.1, 0.15) is 0 Å². The van der Waals surface area contributed by atoms with Crippen molar-refractivity contribution in [1.82, 2.24) is 5.32 Å². The molecule has 4 nitrogen and oxygen atoms in total. The van der Waals surface area contributed by atoms with Crippen LogP contribution in [0.15, 0.2) is 18.2 Å². The van der Waals surface area contributed by atoms with Crippen molar-refractivity contribution in [2.75, 3.05) is 5.43 Å². The number of carbonyl (C=O) groups excluding carboxylic acids is 1. The molecule has 0 radical (unpaired) electrons. The number of nitrogen functional groups attached to an aromatic ring is 1. The highest BCUT2D eigenvalue weighted by Gasteiger charge is 2.14. The number of anilines is 1. The molecular formula is C15H24ClN3O. The molecule has 5 heteroatoms. The van der Waals surface area contributed by atoms with Crippen LogP contribution in [0.4, 0.5) is 5.69 Å². The first-order chi connectivity index (χ1) is 9.58. The largest absolute Gasteiger partial charge is 0.350 e. The standard InChI is InChI=1S/C15H24ClN3O/c1-3-4-5-6-7-11(2)18-15(20)13-10-12(16)8-9-14(13)19-17/h8-11,19H,3-7,17H2,1-2H3,(H,18,20). The van der Waals surface area contributed by atoms with Crippen LogP contribution in [0.2, 0.25) is 5.02 Å². The second-order valence-electron chi connectivity index (χ2n) is 5.06. The Morgan fingerprint density at radius 2 is 2.10 bits per heavy atom. The van der Waals surface area contributed by atoms with Gasteiger partial charge in [-0.05, 0) is 31.5 Å². The number of carbonyl (C=O) groups is 1. The minimum Gasteiger partial charge on any atom is -0.350 e. The average Bonchev–Trinajstić information content (AvgIpc) is 2.43. The molecule has 0 heterocycles. The minimum atomic E-state index is -0.150. The lowest BCUT2D eigenvalue weighted by Crippen LogP contribution is -2.33. The summed E-state index contributed by atoms with van der Waals surface area (Å²) < 4.78 is 0. The molecule has 0 saturated carbocycles. The van der Waals surface area contributed by atoms with Crippen molar-refractivity contribution in [3.05, 3.63) is 28.8 Å². The Morgan fingerprint density at radius 3 is 2.75 bits per heavy atom. The Bertz CT molecular complexity index is 437. The van der Waals surface area contributed by atoms with Gasteiger partial charge in [0.25, 0.3) is 5.91 Å². The first-order valence-corrected chi connectivity index (χ1v) is 7.53. The number of rotatable bonds is 8. The summed E-state index contributed by atoms with van der Waals surface area (Å²) >= 11 is 5.92. The van der Waals surface area contributed by atoms with Gasteiger partial charge in [0, 0.05) is 11.1 Å². The zero-order valence-corrected chi connectivity index (χ0v) is 13.0. The van der Waals surface area contributed by atoms with Gasteiger partial charge in [-0.3, -0.25) is 10.6 Å². The van der Waals surface area contributed by atoms with E-state index in [1.54, 1.807) is 18.2 Å². The molecule has 0 fully saturated rings. The first kappa shape index (κ1) is 16.8. The number of hydrazine groups is 1. The highest BCUT2D eigenvalue weighted by molar-refractivity contribution is 6.31. The minimum absolute atomic E-state index is 0.143. The molecule has 1 rings (SSSR count). The summed E-state index contributed by atoms with van der Waals surface area (Å²) in [6, 6.07) is 5.16. The van der Waals surface area contributed by atoms with Crippen molar-refractivity contribution in [3.63, 3.8) is 0 Å². The topological polar surface area (TPSA) is 67.2 Å². The predicted octanol–water partition coefficient (Wildman–Crippen LogP) is 3.71. The van der Waals surface area contributed by atoms with Crippen LogP contribution in [0.5, 0.6) is 0 Å². The molecule has 20 heavy (non-hydrogen) atoms. The van der Waals surface area contributed by atoms with E-state index in [1.807, 2.05) is 6.92 Å². The summed E-state index contributed by atoms with van der Waals surface area (Å²) in [7, 11) is 0. The van der Waals surface area contributed by atoms with Crippen molar-refractivity contribution in [2.45, 2.75) is 52.0 Å². The SMILES string of the molecule is CCCCCCC(C)NC(=O)c1cc(Cl)ccc1NN. The molecule has 1 unspecified atom stereocenters. The van der Waals surface area contributed by atoms with Gasteiger partial charge in [0.2, 0.25) is 0 Å². The first-order valence-electron chi connectivity index (χ1n) is 7.15. The van der Waals surface area contributed by atoms with Crippen LogP contribution in [0.3, 0.4) is 0 Å². The lowest BCUT2D eigenvalue weighted by Gasteiger charge is -2.15. The molecule has 0 bridgehead atoms. The number of hydrogen-bond donors (Lipinski definition) is 3. The van der Waals surface area contributed by atoms with Crippen molar-refractivity contribution < 1.29 is 4.79 Å². The molecule has 1 amide bonds. The molecule has 0 aliphatic rings. The molecule has 0 spiro atoms. The number of nitrogens with two attached hydrogens (primary N) is 1. The van der Waals surface area contributed by atoms with E-state index in [-0.39, 0.29) is 11.9 Å². The normalized spacial score (nSPS) is 12.0. The van der Waals surface area contributed by atoms with Crippen LogP contribution in [0.1, 0.15) is 56.3 Å². The Balaban J connectivity index is 2.55. The van der Waals surface area contributed by atoms with Gasteiger partial charge in [0.05, 0.1) is 11.3 Å². The van der Waals surface area contributed by atoms with Crippen LogP contribution in [0.25, 0.3) is 0 Å². The van der Waals surface area contributed by atoms with Gasteiger partial charge in [-0.15, -0.1) is 0 Å². The Morgan fingerprint density at radius 1 is 1.35 bits per heavy atom. The number of benzene rings is 1.